The Morgan fingerprint density at radius 3 is 2.68 bits per heavy atom. The number of benzene rings is 2. The van der Waals surface area contributed by atoms with Gasteiger partial charge in [0.2, 0.25) is 5.91 Å². The second kappa shape index (κ2) is 7.62. The largest absolute Gasteiger partial charge is 0.508 e. The number of phenolic OH excluding ortho intramolecular Hbond substituents is 1. The van der Waals surface area contributed by atoms with Crippen LogP contribution in [0.1, 0.15) is 38.3 Å². The van der Waals surface area contributed by atoms with Crippen molar-refractivity contribution in [3.8, 4) is 5.75 Å². The summed E-state index contributed by atoms with van der Waals surface area (Å²) in [4.78, 5) is 27.4. The van der Waals surface area contributed by atoms with Crippen LogP contribution in [0.4, 0.5) is 10.1 Å². The van der Waals surface area contributed by atoms with E-state index in [1.54, 1.807) is 45.0 Å². The lowest BCUT2D eigenvalue weighted by Gasteiger charge is -2.27. The first kappa shape index (κ1) is 19.9. The van der Waals surface area contributed by atoms with Crippen molar-refractivity contribution in [3.63, 3.8) is 0 Å². The van der Waals surface area contributed by atoms with Crippen LogP contribution in [0.25, 0.3) is 0 Å². The number of esters is 1. The number of nitrogens with zero attached hydrogens (tertiary/aromatic N) is 1. The third-order valence-electron chi connectivity index (χ3n) is 4.55. The Balaban J connectivity index is 1.99. The molecule has 0 fully saturated rings. The second-order valence-electron chi connectivity index (χ2n) is 7.99. The summed E-state index contributed by atoms with van der Waals surface area (Å²) < 4.78 is 19.1. The molecule has 3 rings (SSSR count). The van der Waals surface area contributed by atoms with Crippen molar-refractivity contribution in [2.75, 3.05) is 4.90 Å². The standard InChI is InChI=1S/C22H24FNO4/c1-22(2,3)28-21(27)18-10-8-15-7-9-17(25)12-19(15)24(20(18)26)13-14-5-4-6-16(23)11-14/h4-7,9,11-12,18,25H,8,10,13H2,1-3H3. The molecule has 148 valence electrons. The van der Waals surface area contributed by atoms with Crippen LogP contribution in [0.3, 0.4) is 0 Å². The molecule has 28 heavy (non-hydrogen) atoms. The summed E-state index contributed by atoms with van der Waals surface area (Å²) in [5.41, 5.74) is 1.25. The minimum absolute atomic E-state index is 0.0199. The number of fused-ring (bicyclic) bond motifs is 1. The van der Waals surface area contributed by atoms with Crippen molar-refractivity contribution in [2.45, 2.75) is 45.8 Å². The molecule has 0 saturated heterocycles. The van der Waals surface area contributed by atoms with Gasteiger partial charge in [0.25, 0.3) is 0 Å². The van der Waals surface area contributed by atoms with E-state index in [0.29, 0.717) is 24.1 Å². The van der Waals surface area contributed by atoms with Crippen LogP contribution in [-0.4, -0.2) is 22.6 Å². The highest BCUT2D eigenvalue weighted by atomic mass is 19.1. The fourth-order valence-electron chi connectivity index (χ4n) is 3.32. The van der Waals surface area contributed by atoms with Gasteiger partial charge in [-0.3, -0.25) is 9.59 Å². The number of ether oxygens (including phenoxy) is 1. The number of hydrogen-bond acceptors (Lipinski definition) is 4. The predicted molar refractivity (Wildman–Crippen MR) is 103 cm³/mol. The van der Waals surface area contributed by atoms with Gasteiger partial charge < -0.3 is 14.7 Å². The zero-order valence-corrected chi connectivity index (χ0v) is 16.2. The Bertz CT molecular complexity index is 904. The number of phenols is 1. The van der Waals surface area contributed by atoms with E-state index in [1.165, 1.54) is 23.1 Å². The number of carbonyl (C=O) groups excluding carboxylic acids is 2. The molecule has 0 bridgehead atoms. The zero-order valence-electron chi connectivity index (χ0n) is 16.2. The average molecular weight is 385 g/mol. The summed E-state index contributed by atoms with van der Waals surface area (Å²) in [5, 5.41) is 9.93. The molecule has 1 aliphatic heterocycles. The summed E-state index contributed by atoms with van der Waals surface area (Å²) in [5.74, 6) is -2.32. The van der Waals surface area contributed by atoms with Crippen LogP contribution in [0.15, 0.2) is 42.5 Å². The van der Waals surface area contributed by atoms with Crippen LogP contribution in [-0.2, 0) is 27.3 Å². The molecule has 1 N–H and O–H groups in total. The van der Waals surface area contributed by atoms with Gasteiger partial charge in [-0.15, -0.1) is 0 Å². The maximum Gasteiger partial charge on any atom is 0.319 e. The third kappa shape index (κ3) is 4.50. The van der Waals surface area contributed by atoms with E-state index in [4.69, 9.17) is 4.74 Å². The Labute approximate surface area is 163 Å². The van der Waals surface area contributed by atoms with Gasteiger partial charge in [0, 0.05) is 6.07 Å². The fourth-order valence-corrected chi connectivity index (χ4v) is 3.32. The molecule has 0 aliphatic carbocycles. The molecule has 1 heterocycles. The van der Waals surface area contributed by atoms with Crippen LogP contribution < -0.4 is 4.90 Å². The van der Waals surface area contributed by atoms with E-state index in [0.717, 1.165) is 5.56 Å². The van der Waals surface area contributed by atoms with Crippen LogP contribution in [0.5, 0.6) is 5.75 Å². The molecular formula is C22H24FNO4. The van der Waals surface area contributed by atoms with Crippen molar-refractivity contribution in [1.82, 2.24) is 0 Å². The van der Waals surface area contributed by atoms with Crippen LogP contribution in [0, 0.1) is 11.7 Å². The maximum absolute atomic E-state index is 13.6. The van der Waals surface area contributed by atoms with E-state index >= 15 is 0 Å². The molecule has 0 radical (unpaired) electrons. The monoisotopic (exact) mass is 385 g/mol. The van der Waals surface area contributed by atoms with E-state index in [1.807, 2.05) is 0 Å². The zero-order chi connectivity index (χ0) is 20.5. The lowest BCUT2D eigenvalue weighted by atomic mass is 10.00. The summed E-state index contributed by atoms with van der Waals surface area (Å²) >= 11 is 0. The molecule has 0 spiro atoms. The molecular weight excluding hydrogens is 361 g/mol. The molecule has 1 aliphatic rings. The summed E-state index contributed by atoms with van der Waals surface area (Å²) in [6.07, 6.45) is 0.802. The normalized spacial score (nSPS) is 17.1. The third-order valence-corrected chi connectivity index (χ3v) is 4.55. The molecule has 5 nitrogen and oxygen atoms in total. The van der Waals surface area contributed by atoms with Gasteiger partial charge in [-0.05, 0) is 62.9 Å². The Hall–Kier alpha value is -2.89. The maximum atomic E-state index is 13.6. The van der Waals surface area contributed by atoms with E-state index in [-0.39, 0.29) is 12.3 Å². The number of aryl methyl sites for hydroxylation is 1. The smallest absolute Gasteiger partial charge is 0.319 e. The van der Waals surface area contributed by atoms with Gasteiger partial charge in [-0.2, -0.15) is 0 Å². The first-order valence-electron chi connectivity index (χ1n) is 9.24. The molecule has 0 aromatic heterocycles. The Kier molecular flexibility index (Phi) is 5.40. The molecule has 1 atom stereocenters. The van der Waals surface area contributed by atoms with Gasteiger partial charge in [0.1, 0.15) is 23.1 Å². The lowest BCUT2D eigenvalue weighted by molar-refractivity contribution is -0.162. The Morgan fingerprint density at radius 1 is 1.25 bits per heavy atom. The van der Waals surface area contributed by atoms with E-state index < -0.39 is 29.2 Å². The van der Waals surface area contributed by atoms with Gasteiger partial charge in [0.15, 0.2) is 0 Å². The highest BCUT2D eigenvalue weighted by Crippen LogP contribution is 2.34. The van der Waals surface area contributed by atoms with Gasteiger partial charge in [-0.1, -0.05) is 18.2 Å². The van der Waals surface area contributed by atoms with E-state index in [2.05, 4.69) is 0 Å². The Morgan fingerprint density at radius 2 is 2.00 bits per heavy atom. The second-order valence-corrected chi connectivity index (χ2v) is 7.99. The first-order chi connectivity index (χ1) is 13.1. The number of carbonyl (C=O) groups is 2. The van der Waals surface area contributed by atoms with Gasteiger partial charge in [0.05, 0.1) is 12.2 Å². The summed E-state index contributed by atoms with van der Waals surface area (Å²) in [6, 6.07) is 10.8. The van der Waals surface area contributed by atoms with Crippen molar-refractivity contribution in [3.05, 3.63) is 59.4 Å². The number of rotatable bonds is 3. The summed E-state index contributed by atoms with van der Waals surface area (Å²) in [6.45, 7) is 5.35. The molecule has 1 amide bonds. The topological polar surface area (TPSA) is 66.8 Å². The highest BCUT2D eigenvalue weighted by Gasteiger charge is 2.37. The first-order valence-corrected chi connectivity index (χ1v) is 9.24. The average Bonchev–Trinajstić information content (AvgIpc) is 2.71. The van der Waals surface area contributed by atoms with Gasteiger partial charge in [-0.25, -0.2) is 4.39 Å². The predicted octanol–water partition coefficient (Wildman–Crippen LogP) is 3.97. The highest BCUT2D eigenvalue weighted by molar-refractivity contribution is 6.07. The number of amides is 1. The van der Waals surface area contributed by atoms with Crippen LogP contribution >= 0.6 is 0 Å². The van der Waals surface area contributed by atoms with E-state index in [9.17, 15) is 19.1 Å². The number of anilines is 1. The SMILES string of the molecule is CC(C)(C)OC(=O)C1CCc2ccc(O)cc2N(Cc2cccc(F)c2)C1=O. The number of aromatic hydroxyl groups is 1. The number of hydrogen-bond donors (Lipinski definition) is 1. The van der Waals surface area contributed by atoms with Crippen molar-refractivity contribution < 1.29 is 23.8 Å². The van der Waals surface area contributed by atoms with Gasteiger partial charge >= 0.3 is 5.97 Å². The molecule has 2 aromatic rings. The molecule has 1 unspecified atom stereocenters. The molecule has 0 saturated carbocycles. The number of halogens is 1. The minimum Gasteiger partial charge on any atom is -0.508 e. The van der Waals surface area contributed by atoms with Crippen molar-refractivity contribution in [2.24, 2.45) is 5.92 Å². The van der Waals surface area contributed by atoms with Crippen molar-refractivity contribution >= 4 is 17.6 Å². The molecule has 6 heteroatoms. The summed E-state index contributed by atoms with van der Waals surface area (Å²) in [7, 11) is 0. The molecule has 2 aromatic carbocycles. The van der Waals surface area contributed by atoms with Crippen LogP contribution in [0.2, 0.25) is 0 Å². The lowest BCUT2D eigenvalue weighted by Crippen LogP contribution is -2.41. The fraction of sp³-hybridized carbons (Fsp3) is 0.364. The quantitative estimate of drug-likeness (QED) is 0.641. The van der Waals surface area contributed by atoms with Crippen molar-refractivity contribution in [1.29, 1.82) is 0 Å². The minimum atomic E-state index is -0.956.